The van der Waals surface area contributed by atoms with Gasteiger partial charge < -0.3 is 4.74 Å². The molecule has 1 aromatic heterocycles. The maximum Gasteiger partial charge on any atom is 0.0972 e. The van der Waals surface area contributed by atoms with Crippen molar-refractivity contribution in [2.75, 3.05) is 20.3 Å². The molecular formula is C23H27N3O. The number of nitrogens with zero attached hydrogens (tertiary/aromatic N) is 3. The highest BCUT2D eigenvalue weighted by atomic mass is 16.5. The Kier molecular flexibility index (Phi) is 5.10. The van der Waals surface area contributed by atoms with Gasteiger partial charge in [-0.05, 0) is 44.5 Å². The summed E-state index contributed by atoms with van der Waals surface area (Å²) in [5.41, 5.74) is 7.08. The van der Waals surface area contributed by atoms with Gasteiger partial charge in [-0.15, -0.1) is 0 Å². The molecule has 27 heavy (non-hydrogen) atoms. The summed E-state index contributed by atoms with van der Waals surface area (Å²) in [6, 6.07) is 17.5. The van der Waals surface area contributed by atoms with Crippen molar-refractivity contribution >= 4 is 0 Å². The molecule has 0 spiro atoms. The third-order valence-corrected chi connectivity index (χ3v) is 5.40. The molecule has 3 aromatic rings. The molecule has 0 aliphatic carbocycles. The lowest BCUT2D eigenvalue weighted by atomic mass is 10.1. The van der Waals surface area contributed by atoms with Crippen LogP contribution in [0.1, 0.15) is 23.1 Å². The highest BCUT2D eigenvalue weighted by Crippen LogP contribution is 2.27. The zero-order valence-electron chi connectivity index (χ0n) is 16.4. The summed E-state index contributed by atoms with van der Waals surface area (Å²) in [6.45, 7) is 6.81. The van der Waals surface area contributed by atoms with Crippen LogP contribution in [0.5, 0.6) is 0 Å². The molecule has 1 aliphatic rings. The van der Waals surface area contributed by atoms with Crippen molar-refractivity contribution in [1.82, 2.24) is 14.7 Å². The predicted octanol–water partition coefficient (Wildman–Crippen LogP) is 4.38. The Morgan fingerprint density at radius 3 is 2.70 bits per heavy atom. The van der Waals surface area contributed by atoms with Crippen LogP contribution in [0, 0.1) is 13.8 Å². The first-order chi connectivity index (χ1) is 13.1. The van der Waals surface area contributed by atoms with Crippen LogP contribution < -0.4 is 0 Å². The summed E-state index contributed by atoms with van der Waals surface area (Å²) in [7, 11) is 2.18. The molecule has 1 unspecified atom stereocenters. The molecule has 0 radical (unpaired) electrons. The molecule has 4 nitrogen and oxygen atoms in total. The van der Waals surface area contributed by atoms with Crippen LogP contribution in [0.2, 0.25) is 0 Å². The molecule has 0 N–H and O–H groups in total. The Balaban J connectivity index is 1.74. The van der Waals surface area contributed by atoms with Gasteiger partial charge >= 0.3 is 0 Å². The molecule has 4 heteroatoms. The minimum absolute atomic E-state index is 0.484. The molecule has 0 bridgehead atoms. The van der Waals surface area contributed by atoms with Crippen molar-refractivity contribution in [3.05, 3.63) is 71.4 Å². The molecule has 1 saturated heterocycles. The topological polar surface area (TPSA) is 30.3 Å². The molecule has 2 aromatic carbocycles. The Hall–Kier alpha value is -2.43. The van der Waals surface area contributed by atoms with Crippen molar-refractivity contribution in [2.45, 2.75) is 32.9 Å². The maximum atomic E-state index is 5.57. The average molecular weight is 361 g/mol. The van der Waals surface area contributed by atoms with E-state index in [1.165, 1.54) is 16.7 Å². The Labute approximate surface area is 161 Å². The van der Waals surface area contributed by atoms with E-state index in [0.717, 1.165) is 43.1 Å². The van der Waals surface area contributed by atoms with Crippen molar-refractivity contribution in [2.24, 2.45) is 0 Å². The van der Waals surface area contributed by atoms with E-state index >= 15 is 0 Å². The Morgan fingerprint density at radius 2 is 1.96 bits per heavy atom. The number of aryl methyl sites for hydroxylation is 2. The van der Waals surface area contributed by atoms with Gasteiger partial charge in [0.1, 0.15) is 0 Å². The van der Waals surface area contributed by atoms with Gasteiger partial charge in [0.2, 0.25) is 0 Å². The smallest absolute Gasteiger partial charge is 0.0972 e. The fourth-order valence-corrected chi connectivity index (χ4v) is 3.72. The van der Waals surface area contributed by atoms with Gasteiger partial charge in [-0.25, -0.2) is 4.68 Å². The molecule has 1 aliphatic heterocycles. The van der Waals surface area contributed by atoms with Crippen molar-refractivity contribution in [3.8, 4) is 16.9 Å². The second kappa shape index (κ2) is 7.67. The first-order valence-corrected chi connectivity index (χ1v) is 9.61. The predicted molar refractivity (Wildman–Crippen MR) is 109 cm³/mol. The van der Waals surface area contributed by atoms with E-state index in [1.807, 2.05) is 10.7 Å². The molecule has 4 rings (SSSR count). The fourth-order valence-electron chi connectivity index (χ4n) is 3.72. The average Bonchev–Trinajstić information content (AvgIpc) is 3.34. The monoisotopic (exact) mass is 361 g/mol. The van der Waals surface area contributed by atoms with E-state index in [2.05, 4.69) is 74.5 Å². The van der Waals surface area contributed by atoms with Gasteiger partial charge in [0, 0.05) is 36.5 Å². The molecular weight excluding hydrogens is 334 g/mol. The number of benzene rings is 2. The minimum atomic E-state index is 0.484. The number of rotatable bonds is 5. The van der Waals surface area contributed by atoms with Crippen LogP contribution in [0.25, 0.3) is 16.9 Å². The summed E-state index contributed by atoms with van der Waals surface area (Å²) in [5, 5.41) is 4.99. The molecule has 2 heterocycles. The first kappa shape index (κ1) is 18.0. The lowest BCUT2D eigenvalue weighted by molar-refractivity contribution is 0.156. The van der Waals surface area contributed by atoms with Gasteiger partial charge in [0.05, 0.1) is 18.0 Å². The van der Waals surface area contributed by atoms with Crippen molar-refractivity contribution < 1.29 is 4.74 Å². The SMILES string of the molecule is Cc1ccc(C)c(-n2cc(CN(C)C3CCOC3)c(-c3ccccc3)n2)c1. The van der Waals surface area contributed by atoms with E-state index < -0.39 is 0 Å². The lowest BCUT2D eigenvalue weighted by Gasteiger charge is -2.22. The number of hydrogen-bond acceptors (Lipinski definition) is 3. The van der Waals surface area contributed by atoms with Crippen LogP contribution in [0.3, 0.4) is 0 Å². The second-order valence-electron chi connectivity index (χ2n) is 7.54. The van der Waals surface area contributed by atoms with E-state index in [9.17, 15) is 0 Å². The summed E-state index contributed by atoms with van der Waals surface area (Å²) in [4.78, 5) is 2.39. The fraction of sp³-hybridized carbons (Fsp3) is 0.348. The quantitative estimate of drug-likeness (QED) is 0.676. The highest BCUT2D eigenvalue weighted by Gasteiger charge is 2.22. The largest absolute Gasteiger partial charge is 0.380 e. The van der Waals surface area contributed by atoms with Gasteiger partial charge in [0.25, 0.3) is 0 Å². The van der Waals surface area contributed by atoms with Gasteiger partial charge in [0.15, 0.2) is 0 Å². The number of aromatic nitrogens is 2. The van der Waals surface area contributed by atoms with E-state index in [1.54, 1.807) is 0 Å². The van der Waals surface area contributed by atoms with E-state index in [-0.39, 0.29) is 0 Å². The number of likely N-dealkylation sites (N-methyl/N-ethyl adjacent to an activating group) is 1. The summed E-state index contributed by atoms with van der Waals surface area (Å²) in [5.74, 6) is 0. The van der Waals surface area contributed by atoms with E-state index in [4.69, 9.17) is 9.84 Å². The Bertz CT molecular complexity index is 911. The van der Waals surface area contributed by atoms with E-state index in [0.29, 0.717) is 6.04 Å². The van der Waals surface area contributed by atoms with Crippen molar-refractivity contribution in [1.29, 1.82) is 0 Å². The zero-order valence-corrected chi connectivity index (χ0v) is 16.4. The Morgan fingerprint density at radius 1 is 1.15 bits per heavy atom. The zero-order chi connectivity index (χ0) is 18.8. The highest BCUT2D eigenvalue weighted by molar-refractivity contribution is 5.63. The standard InChI is InChI=1S/C23H27N3O/c1-17-9-10-18(2)22(13-17)26-15-20(14-25(3)21-11-12-27-16-21)23(24-26)19-7-5-4-6-8-19/h4-10,13,15,21H,11-12,14,16H2,1-3H3. The summed E-state index contributed by atoms with van der Waals surface area (Å²) < 4.78 is 7.61. The van der Waals surface area contributed by atoms with Gasteiger partial charge in [-0.1, -0.05) is 42.5 Å². The van der Waals surface area contributed by atoms with Crippen molar-refractivity contribution in [3.63, 3.8) is 0 Å². The molecule has 0 amide bonds. The van der Waals surface area contributed by atoms with Gasteiger partial charge in [-0.2, -0.15) is 5.10 Å². The summed E-state index contributed by atoms with van der Waals surface area (Å²) >= 11 is 0. The molecule has 140 valence electrons. The van der Waals surface area contributed by atoms with Gasteiger partial charge in [-0.3, -0.25) is 4.90 Å². The molecule has 0 saturated carbocycles. The lowest BCUT2D eigenvalue weighted by Crippen LogP contribution is -2.31. The van der Waals surface area contributed by atoms with Crippen LogP contribution in [0.15, 0.2) is 54.7 Å². The summed E-state index contributed by atoms with van der Waals surface area (Å²) in [6.07, 6.45) is 3.29. The maximum absolute atomic E-state index is 5.57. The number of ether oxygens (including phenoxy) is 1. The van der Waals surface area contributed by atoms with Crippen LogP contribution in [-0.2, 0) is 11.3 Å². The van der Waals surface area contributed by atoms with Crippen LogP contribution in [-0.4, -0.2) is 41.0 Å². The van der Waals surface area contributed by atoms with Crippen LogP contribution >= 0.6 is 0 Å². The number of hydrogen-bond donors (Lipinski definition) is 0. The molecule has 1 fully saturated rings. The third kappa shape index (κ3) is 3.82. The second-order valence-corrected chi connectivity index (χ2v) is 7.54. The third-order valence-electron chi connectivity index (χ3n) is 5.40. The minimum Gasteiger partial charge on any atom is -0.380 e. The molecule has 1 atom stereocenters. The van der Waals surface area contributed by atoms with Crippen LogP contribution in [0.4, 0.5) is 0 Å². The normalized spacial score (nSPS) is 17.0. The first-order valence-electron chi connectivity index (χ1n) is 9.61.